The first-order chi connectivity index (χ1) is 15.4. The molecule has 0 fully saturated rings. The van der Waals surface area contributed by atoms with Gasteiger partial charge in [-0.3, -0.25) is 14.6 Å². The van der Waals surface area contributed by atoms with Crippen molar-refractivity contribution in [2.24, 2.45) is 0 Å². The first-order valence-electron chi connectivity index (χ1n) is 10.2. The highest BCUT2D eigenvalue weighted by Gasteiger charge is 2.26. The van der Waals surface area contributed by atoms with Crippen molar-refractivity contribution in [2.75, 3.05) is 14.2 Å². The van der Waals surface area contributed by atoms with Crippen molar-refractivity contribution in [3.05, 3.63) is 58.7 Å². The molecule has 1 heterocycles. The number of nitrogens with zero attached hydrogens (tertiary/aromatic N) is 1. The molecule has 8 heteroatoms. The van der Waals surface area contributed by atoms with Gasteiger partial charge in [0.2, 0.25) is 5.91 Å². The van der Waals surface area contributed by atoms with E-state index < -0.39 is 12.0 Å². The predicted molar refractivity (Wildman–Crippen MR) is 123 cm³/mol. The molecule has 32 heavy (non-hydrogen) atoms. The second-order valence-corrected chi connectivity index (χ2v) is 7.56. The van der Waals surface area contributed by atoms with E-state index in [0.717, 1.165) is 0 Å². The monoisotopic (exact) mass is 456 g/mol. The topological polar surface area (TPSA) is 86.8 Å². The minimum absolute atomic E-state index is 0.248. The summed E-state index contributed by atoms with van der Waals surface area (Å²) < 4.78 is 16.5. The second-order valence-electron chi connectivity index (χ2n) is 7.15. The number of ether oxygens (including phenoxy) is 3. The maximum Gasteiger partial charge on any atom is 0.311 e. The first-order valence-corrected chi connectivity index (χ1v) is 10.5. The number of hydrogen-bond donors (Lipinski definition) is 1. The van der Waals surface area contributed by atoms with Crippen molar-refractivity contribution in [3.63, 3.8) is 0 Å². The zero-order valence-electron chi connectivity index (χ0n) is 18.4. The lowest BCUT2D eigenvalue weighted by Gasteiger charge is -2.23. The van der Waals surface area contributed by atoms with E-state index in [1.807, 2.05) is 6.92 Å². The van der Waals surface area contributed by atoms with E-state index >= 15 is 0 Å². The SMILES string of the molecule is CCCC(=O)Oc1c(C(NC(C)=O)c2ccc(OC)c(OC)c2)cc(Cl)c2cccnc12. The molecule has 0 aliphatic carbocycles. The van der Waals surface area contributed by atoms with Gasteiger partial charge in [0.1, 0.15) is 5.52 Å². The smallest absolute Gasteiger partial charge is 0.311 e. The number of aromatic nitrogens is 1. The molecule has 0 spiro atoms. The number of fused-ring (bicyclic) bond motifs is 1. The van der Waals surface area contributed by atoms with Crippen molar-refractivity contribution in [1.29, 1.82) is 0 Å². The van der Waals surface area contributed by atoms with Crippen LogP contribution in [0.25, 0.3) is 10.9 Å². The van der Waals surface area contributed by atoms with Gasteiger partial charge < -0.3 is 19.5 Å². The number of hydrogen-bond acceptors (Lipinski definition) is 6. The second kappa shape index (κ2) is 10.3. The summed E-state index contributed by atoms with van der Waals surface area (Å²) in [5.41, 5.74) is 1.64. The van der Waals surface area contributed by atoms with Crippen LogP contribution in [-0.2, 0) is 9.59 Å². The Bertz CT molecular complexity index is 1150. The molecule has 0 aliphatic heterocycles. The minimum Gasteiger partial charge on any atom is -0.493 e. The largest absolute Gasteiger partial charge is 0.493 e. The number of halogens is 1. The number of carbonyl (C=O) groups is 2. The van der Waals surface area contributed by atoms with Gasteiger partial charge in [0.25, 0.3) is 0 Å². The molecule has 168 valence electrons. The normalized spacial score (nSPS) is 11.7. The molecule has 1 atom stereocenters. The number of amides is 1. The molecule has 2 aromatic carbocycles. The molecule has 0 radical (unpaired) electrons. The summed E-state index contributed by atoms with van der Waals surface area (Å²) in [5, 5.41) is 4.00. The molecule has 0 saturated heterocycles. The fraction of sp³-hybridized carbons (Fsp3) is 0.292. The number of methoxy groups -OCH3 is 2. The summed E-state index contributed by atoms with van der Waals surface area (Å²) in [4.78, 5) is 29.0. The summed E-state index contributed by atoms with van der Waals surface area (Å²) in [6.45, 7) is 3.31. The Morgan fingerprint density at radius 3 is 2.53 bits per heavy atom. The van der Waals surface area contributed by atoms with E-state index in [4.69, 9.17) is 25.8 Å². The molecule has 1 unspecified atom stereocenters. The fourth-order valence-electron chi connectivity index (χ4n) is 3.46. The maximum atomic E-state index is 12.5. The van der Waals surface area contributed by atoms with E-state index in [-0.39, 0.29) is 18.1 Å². The lowest BCUT2D eigenvalue weighted by Crippen LogP contribution is -2.28. The maximum absolute atomic E-state index is 12.5. The number of esters is 1. The fourth-order valence-corrected chi connectivity index (χ4v) is 3.73. The molecule has 7 nitrogen and oxygen atoms in total. The minimum atomic E-state index is -0.680. The summed E-state index contributed by atoms with van der Waals surface area (Å²) >= 11 is 6.57. The van der Waals surface area contributed by atoms with E-state index in [2.05, 4.69) is 10.3 Å². The average Bonchev–Trinajstić information content (AvgIpc) is 2.79. The van der Waals surface area contributed by atoms with Crippen LogP contribution in [-0.4, -0.2) is 31.1 Å². The Morgan fingerprint density at radius 2 is 1.88 bits per heavy atom. The van der Waals surface area contributed by atoms with Crippen molar-refractivity contribution < 1.29 is 23.8 Å². The Labute approximate surface area is 191 Å². The first kappa shape index (κ1) is 23.3. The van der Waals surface area contributed by atoms with E-state index in [9.17, 15) is 9.59 Å². The quantitative estimate of drug-likeness (QED) is 0.385. The van der Waals surface area contributed by atoms with E-state index in [0.29, 0.717) is 45.0 Å². The van der Waals surface area contributed by atoms with Gasteiger partial charge in [-0.2, -0.15) is 0 Å². The summed E-state index contributed by atoms with van der Waals surface area (Å²) in [6.07, 6.45) is 2.49. The lowest BCUT2D eigenvalue weighted by molar-refractivity contribution is -0.134. The van der Waals surface area contributed by atoms with Crippen LogP contribution in [0.4, 0.5) is 0 Å². The van der Waals surface area contributed by atoms with E-state index in [1.54, 1.807) is 49.7 Å². The summed E-state index contributed by atoms with van der Waals surface area (Å²) in [6, 6.07) is 9.87. The molecular formula is C24H25ClN2O5. The van der Waals surface area contributed by atoms with Crippen LogP contribution in [0.15, 0.2) is 42.6 Å². The number of nitrogens with one attached hydrogen (secondary N) is 1. The summed E-state index contributed by atoms with van der Waals surface area (Å²) in [5.74, 6) is 0.641. The van der Waals surface area contributed by atoms with Gasteiger partial charge in [-0.1, -0.05) is 24.6 Å². The summed E-state index contributed by atoms with van der Waals surface area (Å²) in [7, 11) is 3.08. The molecule has 0 bridgehead atoms. The zero-order valence-corrected chi connectivity index (χ0v) is 19.2. The number of pyridine rings is 1. The van der Waals surface area contributed by atoms with Crippen molar-refractivity contribution in [3.8, 4) is 17.2 Å². The van der Waals surface area contributed by atoms with Gasteiger partial charge in [-0.15, -0.1) is 0 Å². The highest BCUT2D eigenvalue weighted by Crippen LogP contribution is 2.41. The van der Waals surface area contributed by atoms with Crippen LogP contribution >= 0.6 is 11.6 Å². The Hall–Kier alpha value is -3.32. The molecule has 3 rings (SSSR count). The molecule has 1 amide bonds. The number of carbonyl (C=O) groups excluding carboxylic acids is 2. The molecule has 0 saturated carbocycles. The molecular weight excluding hydrogens is 432 g/mol. The Morgan fingerprint density at radius 1 is 1.12 bits per heavy atom. The third-order valence-electron chi connectivity index (χ3n) is 4.89. The van der Waals surface area contributed by atoms with Gasteiger partial charge in [-0.05, 0) is 42.3 Å². The van der Waals surface area contributed by atoms with Crippen molar-refractivity contribution >= 4 is 34.4 Å². The van der Waals surface area contributed by atoms with Crippen LogP contribution in [0.3, 0.4) is 0 Å². The van der Waals surface area contributed by atoms with Gasteiger partial charge in [-0.25, -0.2) is 0 Å². The Kier molecular flexibility index (Phi) is 7.53. The van der Waals surface area contributed by atoms with Crippen molar-refractivity contribution in [1.82, 2.24) is 10.3 Å². The standard InChI is InChI=1S/C24H25ClN2O5/c1-5-7-21(29)32-24-17(13-18(25)16-8-6-11-26-23(16)24)22(27-14(2)28)15-9-10-19(30-3)20(12-15)31-4/h6,8-13,22H,5,7H2,1-4H3,(H,27,28). The van der Waals surface area contributed by atoms with Crippen LogP contribution in [0.2, 0.25) is 5.02 Å². The van der Waals surface area contributed by atoms with Crippen LogP contribution in [0.5, 0.6) is 17.2 Å². The van der Waals surface area contributed by atoms with Gasteiger partial charge in [0, 0.05) is 30.5 Å². The van der Waals surface area contributed by atoms with Crippen LogP contribution in [0.1, 0.15) is 43.9 Å². The van der Waals surface area contributed by atoms with Crippen LogP contribution in [0, 0.1) is 0 Å². The zero-order chi connectivity index (χ0) is 23.3. The van der Waals surface area contributed by atoms with E-state index in [1.165, 1.54) is 14.0 Å². The number of rotatable bonds is 8. The Balaban J connectivity index is 2.26. The van der Waals surface area contributed by atoms with Crippen molar-refractivity contribution in [2.45, 2.75) is 32.7 Å². The van der Waals surface area contributed by atoms with Gasteiger partial charge in [0.05, 0.1) is 25.3 Å². The highest BCUT2D eigenvalue weighted by molar-refractivity contribution is 6.35. The lowest BCUT2D eigenvalue weighted by atomic mass is 9.95. The molecule has 1 aromatic heterocycles. The van der Waals surface area contributed by atoms with Gasteiger partial charge >= 0.3 is 5.97 Å². The average molecular weight is 457 g/mol. The van der Waals surface area contributed by atoms with Gasteiger partial charge in [0.15, 0.2) is 17.2 Å². The third kappa shape index (κ3) is 4.94. The third-order valence-corrected chi connectivity index (χ3v) is 5.21. The molecule has 1 N–H and O–H groups in total. The van der Waals surface area contributed by atoms with Crippen LogP contribution < -0.4 is 19.5 Å². The highest BCUT2D eigenvalue weighted by atomic mass is 35.5. The predicted octanol–water partition coefficient (Wildman–Crippen LogP) is 4.84. The number of benzene rings is 2. The molecule has 3 aromatic rings. The molecule has 0 aliphatic rings.